The number of rotatable bonds is 9. The fourth-order valence-electron chi connectivity index (χ4n) is 6.94. The van der Waals surface area contributed by atoms with Gasteiger partial charge in [-0.2, -0.15) is 0 Å². The third kappa shape index (κ3) is 6.60. The Morgan fingerprint density at radius 1 is 0.949 bits per heavy atom. The molecule has 5 rings (SSSR count). The smallest absolute Gasteiger partial charge is 0.230 e. The Bertz CT molecular complexity index is 1100. The number of anilines is 2. The largest absolute Gasteiger partial charge is 0.496 e. The Morgan fingerprint density at radius 3 is 2.36 bits per heavy atom. The number of hydrogen-bond donors (Lipinski definition) is 1. The van der Waals surface area contributed by atoms with Gasteiger partial charge < -0.3 is 24.4 Å². The molecule has 2 saturated carbocycles. The van der Waals surface area contributed by atoms with Crippen LogP contribution in [0.5, 0.6) is 5.75 Å². The van der Waals surface area contributed by atoms with Crippen molar-refractivity contribution in [3.05, 3.63) is 53.6 Å². The van der Waals surface area contributed by atoms with Crippen LogP contribution in [0.3, 0.4) is 0 Å². The zero-order chi connectivity index (χ0) is 27.4. The van der Waals surface area contributed by atoms with Crippen LogP contribution < -0.4 is 14.5 Å². The monoisotopic (exact) mass is 534 g/mol. The van der Waals surface area contributed by atoms with Gasteiger partial charge in [-0.3, -0.25) is 4.79 Å². The van der Waals surface area contributed by atoms with Gasteiger partial charge in [0.25, 0.3) is 0 Å². The number of hydrogen-bond acceptors (Lipinski definition) is 5. The van der Waals surface area contributed by atoms with Gasteiger partial charge >= 0.3 is 0 Å². The Kier molecular flexibility index (Phi) is 9.13. The molecule has 0 atom stereocenters. The van der Waals surface area contributed by atoms with Gasteiger partial charge in [0.1, 0.15) is 5.75 Å². The Morgan fingerprint density at radius 2 is 1.69 bits per heavy atom. The highest BCUT2D eigenvalue weighted by Gasteiger charge is 2.33. The summed E-state index contributed by atoms with van der Waals surface area (Å²) < 4.78 is 10.8. The quantitative estimate of drug-likeness (QED) is 0.431. The van der Waals surface area contributed by atoms with E-state index in [0.717, 1.165) is 89.0 Å². The SMILES string of the molecule is COCC1CN(c2cccc(N(CC3CCC(c4ccc(OC)c(C)c4)CC3)C(=O)C3CCC(O)CC3)c2)C1. The molecule has 1 N–H and O–H groups in total. The van der Waals surface area contributed by atoms with E-state index in [1.807, 2.05) is 0 Å². The Hall–Kier alpha value is -2.57. The molecule has 1 heterocycles. The fraction of sp³-hybridized carbons (Fsp3) is 0.606. The molecule has 6 nitrogen and oxygen atoms in total. The summed E-state index contributed by atoms with van der Waals surface area (Å²) in [5.74, 6) is 2.85. The maximum atomic E-state index is 14.0. The summed E-state index contributed by atoms with van der Waals surface area (Å²) in [4.78, 5) is 18.4. The second-order valence-electron chi connectivity index (χ2n) is 12.1. The van der Waals surface area contributed by atoms with E-state index in [-0.39, 0.29) is 17.9 Å². The maximum Gasteiger partial charge on any atom is 0.230 e. The zero-order valence-electron chi connectivity index (χ0n) is 24.0. The topological polar surface area (TPSA) is 62.2 Å². The van der Waals surface area contributed by atoms with Gasteiger partial charge in [0.2, 0.25) is 5.91 Å². The Balaban J connectivity index is 1.28. The average molecular weight is 535 g/mol. The van der Waals surface area contributed by atoms with Crippen LogP contribution in [0.1, 0.15) is 68.4 Å². The zero-order valence-corrected chi connectivity index (χ0v) is 24.0. The van der Waals surface area contributed by atoms with E-state index < -0.39 is 0 Å². The molecule has 2 aromatic carbocycles. The number of amides is 1. The third-order valence-corrected chi connectivity index (χ3v) is 9.36. The average Bonchev–Trinajstić information content (AvgIpc) is 2.94. The molecule has 0 unspecified atom stereocenters. The lowest BCUT2D eigenvalue weighted by Gasteiger charge is -2.41. The van der Waals surface area contributed by atoms with Crippen molar-refractivity contribution in [1.82, 2.24) is 0 Å². The van der Waals surface area contributed by atoms with Gasteiger partial charge in [-0.05, 0) is 106 Å². The van der Waals surface area contributed by atoms with Gasteiger partial charge in [-0.25, -0.2) is 0 Å². The van der Waals surface area contributed by atoms with Crippen LogP contribution in [0.25, 0.3) is 0 Å². The molecule has 3 aliphatic rings. The van der Waals surface area contributed by atoms with Crippen molar-refractivity contribution in [3.8, 4) is 5.75 Å². The normalized spacial score (nSPS) is 25.7. The van der Waals surface area contributed by atoms with Crippen LogP contribution in [-0.2, 0) is 9.53 Å². The second kappa shape index (κ2) is 12.7. The van der Waals surface area contributed by atoms with Crippen LogP contribution in [-0.4, -0.2) is 57.6 Å². The number of nitrogens with zero attached hydrogens (tertiary/aromatic N) is 2. The van der Waals surface area contributed by atoms with Crippen molar-refractivity contribution in [2.24, 2.45) is 17.8 Å². The number of aryl methyl sites for hydroxylation is 1. The van der Waals surface area contributed by atoms with E-state index in [4.69, 9.17) is 9.47 Å². The predicted octanol–water partition coefficient (Wildman–Crippen LogP) is 5.94. The van der Waals surface area contributed by atoms with Gasteiger partial charge in [-0.15, -0.1) is 0 Å². The van der Waals surface area contributed by atoms with Crippen molar-refractivity contribution >= 4 is 17.3 Å². The minimum absolute atomic E-state index is 0.00533. The molecule has 1 saturated heterocycles. The van der Waals surface area contributed by atoms with Crippen molar-refractivity contribution in [3.63, 3.8) is 0 Å². The van der Waals surface area contributed by atoms with Gasteiger partial charge in [0.05, 0.1) is 19.8 Å². The second-order valence-corrected chi connectivity index (χ2v) is 12.1. The highest BCUT2D eigenvalue weighted by atomic mass is 16.5. The van der Waals surface area contributed by atoms with Crippen LogP contribution in [0.15, 0.2) is 42.5 Å². The van der Waals surface area contributed by atoms with E-state index in [1.165, 1.54) is 16.8 Å². The molecule has 1 aliphatic heterocycles. The molecule has 0 radical (unpaired) electrons. The van der Waals surface area contributed by atoms with E-state index in [1.54, 1.807) is 14.2 Å². The third-order valence-electron chi connectivity index (χ3n) is 9.36. The highest BCUT2D eigenvalue weighted by Crippen LogP contribution is 2.39. The Labute approximate surface area is 234 Å². The number of benzene rings is 2. The van der Waals surface area contributed by atoms with Crippen molar-refractivity contribution < 1.29 is 19.4 Å². The van der Waals surface area contributed by atoms with Crippen LogP contribution in [0.4, 0.5) is 11.4 Å². The first kappa shape index (κ1) is 28.0. The summed E-state index contributed by atoms with van der Waals surface area (Å²) in [7, 11) is 3.50. The molecular formula is C33H46N2O4. The number of methoxy groups -OCH3 is 2. The van der Waals surface area contributed by atoms with Crippen molar-refractivity contribution in [1.29, 1.82) is 0 Å². The molecule has 1 amide bonds. The highest BCUT2D eigenvalue weighted by molar-refractivity contribution is 5.95. The minimum atomic E-state index is -0.255. The van der Waals surface area contributed by atoms with Gasteiger partial charge in [0.15, 0.2) is 0 Å². The van der Waals surface area contributed by atoms with Crippen molar-refractivity contribution in [2.75, 3.05) is 50.3 Å². The number of carbonyl (C=O) groups is 1. The molecule has 3 fully saturated rings. The van der Waals surface area contributed by atoms with Crippen LogP contribution in [0.2, 0.25) is 0 Å². The van der Waals surface area contributed by atoms with Gasteiger partial charge in [-0.1, -0.05) is 18.2 Å². The molecule has 39 heavy (non-hydrogen) atoms. The molecule has 212 valence electrons. The first-order chi connectivity index (χ1) is 18.9. The summed E-state index contributed by atoms with van der Waals surface area (Å²) in [5.41, 5.74) is 4.82. The number of ether oxygens (including phenoxy) is 2. The summed E-state index contributed by atoms with van der Waals surface area (Å²) in [6.07, 6.45) is 7.34. The summed E-state index contributed by atoms with van der Waals surface area (Å²) in [5, 5.41) is 10.0. The van der Waals surface area contributed by atoms with Crippen molar-refractivity contribution in [2.45, 2.75) is 70.3 Å². The van der Waals surface area contributed by atoms with E-state index in [2.05, 4.69) is 59.2 Å². The minimum Gasteiger partial charge on any atom is -0.496 e. The first-order valence-corrected chi connectivity index (χ1v) is 14.9. The maximum absolute atomic E-state index is 14.0. The first-order valence-electron chi connectivity index (χ1n) is 14.9. The van der Waals surface area contributed by atoms with Crippen LogP contribution in [0, 0.1) is 24.7 Å². The number of aliphatic hydroxyl groups excluding tert-OH is 1. The fourth-order valence-corrected chi connectivity index (χ4v) is 6.94. The lowest BCUT2D eigenvalue weighted by molar-refractivity contribution is -0.124. The lowest BCUT2D eigenvalue weighted by atomic mass is 9.78. The van der Waals surface area contributed by atoms with E-state index >= 15 is 0 Å². The number of carbonyl (C=O) groups excluding carboxylic acids is 1. The van der Waals surface area contributed by atoms with E-state index in [9.17, 15) is 9.90 Å². The lowest BCUT2D eigenvalue weighted by Crippen LogP contribution is -2.48. The van der Waals surface area contributed by atoms with E-state index in [0.29, 0.717) is 17.8 Å². The predicted molar refractivity (Wildman–Crippen MR) is 157 cm³/mol. The molecular weight excluding hydrogens is 488 g/mol. The summed E-state index contributed by atoms with van der Waals surface area (Å²) in [6.45, 7) is 5.70. The number of aliphatic hydroxyl groups is 1. The summed E-state index contributed by atoms with van der Waals surface area (Å²) in [6, 6.07) is 15.2. The molecule has 0 bridgehead atoms. The molecule has 6 heteroatoms. The molecule has 2 aromatic rings. The molecule has 2 aliphatic carbocycles. The standard InChI is InChI=1S/C33H46N2O4/c1-23-17-28(13-16-32(23)39-3)26-9-7-24(8-10-26)21-35(33(37)27-11-14-31(36)15-12-27)30-6-4-5-29(18-30)34-19-25(20-34)22-38-2/h4-6,13,16-18,24-27,31,36H,7-12,14-15,19-22H2,1-3H3. The van der Waals surface area contributed by atoms with Crippen LogP contribution >= 0.6 is 0 Å². The molecule has 0 aromatic heterocycles. The molecule has 0 spiro atoms. The van der Waals surface area contributed by atoms with Gasteiger partial charge in [0, 0.05) is 50.0 Å². The summed E-state index contributed by atoms with van der Waals surface area (Å²) >= 11 is 0.